The van der Waals surface area contributed by atoms with Crippen LogP contribution in [-0.4, -0.2) is 50.0 Å². The smallest absolute Gasteiger partial charge is 0.237 e. The summed E-state index contributed by atoms with van der Waals surface area (Å²) in [4.78, 5) is 16.3. The zero-order valence-corrected chi connectivity index (χ0v) is 15.5. The van der Waals surface area contributed by atoms with Crippen LogP contribution in [0.25, 0.3) is 0 Å². The van der Waals surface area contributed by atoms with Gasteiger partial charge in [-0.3, -0.25) is 9.79 Å². The normalized spacial score (nSPS) is 13.8. The van der Waals surface area contributed by atoms with Gasteiger partial charge in [0.25, 0.3) is 0 Å². The number of nitrogens with one attached hydrogen (secondary N) is 1. The standard InChI is InChI=1S/C16H35N5O3/c1-5-23-15(24-6-2)13(8-7-9-20-16(18)19)21-14(22)12(17)10-11(3)4/h11-13,15H,5-10,17H2,1-4H3,(H,21,22)(H4,18,19,20)/t12-,13-/m0/s1. The highest BCUT2D eigenvalue weighted by Gasteiger charge is 2.26. The Balaban J connectivity index is 4.81. The van der Waals surface area contributed by atoms with Gasteiger partial charge in [-0.25, -0.2) is 0 Å². The van der Waals surface area contributed by atoms with Crippen molar-refractivity contribution in [2.45, 2.75) is 65.3 Å². The SMILES string of the molecule is CCOC(OCC)[C@H](CCCN=C(N)N)NC(=O)[C@@H](N)CC(C)C. The van der Waals surface area contributed by atoms with Crippen molar-refractivity contribution in [3.63, 3.8) is 0 Å². The fourth-order valence-corrected chi connectivity index (χ4v) is 2.31. The van der Waals surface area contributed by atoms with Crippen LogP contribution >= 0.6 is 0 Å². The van der Waals surface area contributed by atoms with E-state index < -0.39 is 12.3 Å². The number of ether oxygens (including phenoxy) is 2. The first-order chi connectivity index (χ1) is 11.3. The van der Waals surface area contributed by atoms with Crippen molar-refractivity contribution < 1.29 is 14.3 Å². The third kappa shape index (κ3) is 10.4. The van der Waals surface area contributed by atoms with E-state index in [2.05, 4.69) is 10.3 Å². The zero-order chi connectivity index (χ0) is 18.5. The van der Waals surface area contributed by atoms with Crippen molar-refractivity contribution in [1.29, 1.82) is 0 Å². The lowest BCUT2D eigenvalue weighted by Gasteiger charge is -2.28. The fourth-order valence-electron chi connectivity index (χ4n) is 2.31. The van der Waals surface area contributed by atoms with Crippen molar-refractivity contribution in [3.8, 4) is 0 Å². The molecule has 0 aliphatic carbocycles. The summed E-state index contributed by atoms with van der Waals surface area (Å²) in [7, 11) is 0. The lowest BCUT2D eigenvalue weighted by Crippen LogP contribution is -2.51. The van der Waals surface area contributed by atoms with Crippen LogP contribution in [0.3, 0.4) is 0 Å². The molecular weight excluding hydrogens is 310 g/mol. The van der Waals surface area contributed by atoms with Gasteiger partial charge in [-0.2, -0.15) is 0 Å². The predicted molar refractivity (Wildman–Crippen MR) is 96.3 cm³/mol. The summed E-state index contributed by atoms with van der Waals surface area (Å²) >= 11 is 0. The van der Waals surface area contributed by atoms with E-state index in [1.165, 1.54) is 0 Å². The molecular formula is C16H35N5O3. The summed E-state index contributed by atoms with van der Waals surface area (Å²) in [5.41, 5.74) is 16.6. The molecule has 0 aromatic rings. The molecule has 0 aliphatic rings. The van der Waals surface area contributed by atoms with Gasteiger partial charge in [-0.05, 0) is 39.0 Å². The monoisotopic (exact) mass is 345 g/mol. The van der Waals surface area contributed by atoms with Gasteiger partial charge in [-0.15, -0.1) is 0 Å². The molecule has 0 rings (SSSR count). The van der Waals surface area contributed by atoms with Gasteiger partial charge in [0.2, 0.25) is 5.91 Å². The van der Waals surface area contributed by atoms with E-state index in [4.69, 9.17) is 26.7 Å². The lowest BCUT2D eigenvalue weighted by atomic mass is 10.0. The minimum atomic E-state index is -0.547. The van der Waals surface area contributed by atoms with E-state index in [-0.39, 0.29) is 17.9 Å². The van der Waals surface area contributed by atoms with E-state index in [9.17, 15) is 4.79 Å². The molecule has 0 saturated carbocycles. The van der Waals surface area contributed by atoms with Gasteiger partial charge in [-0.1, -0.05) is 13.8 Å². The average Bonchev–Trinajstić information content (AvgIpc) is 2.49. The Kier molecular flexibility index (Phi) is 12.2. The molecule has 0 aromatic heterocycles. The Hall–Kier alpha value is -1.38. The first-order valence-corrected chi connectivity index (χ1v) is 8.66. The Morgan fingerprint density at radius 1 is 1.17 bits per heavy atom. The molecule has 0 aromatic carbocycles. The van der Waals surface area contributed by atoms with Crippen molar-refractivity contribution in [1.82, 2.24) is 5.32 Å². The second-order valence-corrected chi connectivity index (χ2v) is 6.08. The van der Waals surface area contributed by atoms with Crippen molar-refractivity contribution in [2.75, 3.05) is 19.8 Å². The third-order valence-electron chi connectivity index (χ3n) is 3.35. The van der Waals surface area contributed by atoms with Crippen LogP contribution in [0.15, 0.2) is 4.99 Å². The topological polar surface area (TPSA) is 138 Å². The van der Waals surface area contributed by atoms with E-state index in [1.54, 1.807) is 0 Å². The minimum Gasteiger partial charge on any atom is -0.370 e. The van der Waals surface area contributed by atoms with Crippen molar-refractivity contribution >= 4 is 11.9 Å². The van der Waals surface area contributed by atoms with Crippen LogP contribution in [0, 0.1) is 5.92 Å². The van der Waals surface area contributed by atoms with E-state index in [0.717, 1.165) is 0 Å². The second-order valence-electron chi connectivity index (χ2n) is 6.08. The molecule has 1 amide bonds. The van der Waals surface area contributed by atoms with Crippen LogP contribution in [0.4, 0.5) is 0 Å². The van der Waals surface area contributed by atoms with Gasteiger partial charge in [0.15, 0.2) is 12.2 Å². The fraction of sp³-hybridized carbons (Fsp3) is 0.875. The summed E-state index contributed by atoms with van der Waals surface area (Å²) in [6, 6.07) is -0.848. The third-order valence-corrected chi connectivity index (χ3v) is 3.35. The predicted octanol–water partition coefficient (Wildman–Crippen LogP) is 0.297. The van der Waals surface area contributed by atoms with Gasteiger partial charge in [0.05, 0.1) is 12.1 Å². The van der Waals surface area contributed by atoms with Crippen LogP contribution in [0.1, 0.15) is 47.0 Å². The zero-order valence-electron chi connectivity index (χ0n) is 15.5. The van der Waals surface area contributed by atoms with Gasteiger partial charge in [0, 0.05) is 19.8 Å². The number of rotatable bonds is 13. The highest BCUT2D eigenvalue weighted by atomic mass is 16.7. The molecule has 0 heterocycles. The van der Waals surface area contributed by atoms with Crippen molar-refractivity contribution in [3.05, 3.63) is 0 Å². The van der Waals surface area contributed by atoms with Gasteiger partial charge < -0.3 is 32.0 Å². The Labute approximate surface area is 145 Å². The maximum absolute atomic E-state index is 12.3. The summed E-state index contributed by atoms with van der Waals surface area (Å²) in [5, 5.41) is 2.96. The second kappa shape index (κ2) is 13.0. The molecule has 0 radical (unpaired) electrons. The number of nitrogens with two attached hydrogens (primary N) is 3. The molecule has 0 bridgehead atoms. The van der Waals surface area contributed by atoms with Gasteiger partial charge in [0.1, 0.15) is 0 Å². The summed E-state index contributed by atoms with van der Waals surface area (Å²) in [6.07, 6.45) is 1.43. The number of guanidine groups is 1. The molecule has 0 fully saturated rings. The maximum atomic E-state index is 12.3. The molecule has 2 atom stereocenters. The average molecular weight is 345 g/mol. The number of amides is 1. The number of carbonyl (C=O) groups excluding carboxylic acids is 1. The molecule has 0 saturated heterocycles. The van der Waals surface area contributed by atoms with E-state index in [0.29, 0.717) is 44.9 Å². The van der Waals surface area contributed by atoms with Crippen LogP contribution in [0.2, 0.25) is 0 Å². The number of aliphatic imine (C=N–C) groups is 1. The van der Waals surface area contributed by atoms with Crippen LogP contribution in [0.5, 0.6) is 0 Å². The number of nitrogens with zero attached hydrogens (tertiary/aromatic N) is 1. The molecule has 7 N–H and O–H groups in total. The first kappa shape index (κ1) is 22.6. The van der Waals surface area contributed by atoms with E-state index >= 15 is 0 Å². The number of hydrogen-bond acceptors (Lipinski definition) is 5. The summed E-state index contributed by atoms with van der Waals surface area (Å²) in [5.74, 6) is 0.210. The van der Waals surface area contributed by atoms with Crippen LogP contribution < -0.4 is 22.5 Å². The lowest BCUT2D eigenvalue weighted by molar-refractivity contribution is -0.159. The van der Waals surface area contributed by atoms with Crippen LogP contribution in [-0.2, 0) is 14.3 Å². The molecule has 8 nitrogen and oxygen atoms in total. The first-order valence-electron chi connectivity index (χ1n) is 8.66. The largest absolute Gasteiger partial charge is 0.370 e. The number of hydrogen-bond donors (Lipinski definition) is 4. The quantitative estimate of drug-likeness (QED) is 0.164. The summed E-state index contributed by atoms with van der Waals surface area (Å²) in [6.45, 7) is 9.29. The number of carbonyl (C=O) groups is 1. The maximum Gasteiger partial charge on any atom is 0.237 e. The molecule has 24 heavy (non-hydrogen) atoms. The molecule has 0 spiro atoms. The molecule has 8 heteroatoms. The highest BCUT2D eigenvalue weighted by molar-refractivity contribution is 5.81. The molecule has 0 aliphatic heterocycles. The summed E-state index contributed by atoms with van der Waals surface area (Å²) < 4.78 is 11.2. The van der Waals surface area contributed by atoms with E-state index in [1.807, 2.05) is 27.7 Å². The van der Waals surface area contributed by atoms with Crippen molar-refractivity contribution in [2.24, 2.45) is 28.1 Å². The Bertz CT molecular complexity index is 367. The Morgan fingerprint density at radius 3 is 2.21 bits per heavy atom. The minimum absolute atomic E-state index is 0.0562. The molecule has 142 valence electrons. The molecule has 0 unspecified atom stereocenters. The Morgan fingerprint density at radius 2 is 1.75 bits per heavy atom. The van der Waals surface area contributed by atoms with Gasteiger partial charge >= 0.3 is 0 Å². The highest BCUT2D eigenvalue weighted by Crippen LogP contribution is 2.11.